The average molecular weight is 405 g/mol. The van der Waals surface area contributed by atoms with Crippen molar-refractivity contribution in [3.63, 3.8) is 0 Å². The van der Waals surface area contributed by atoms with E-state index >= 15 is 0 Å². The van der Waals surface area contributed by atoms with Gasteiger partial charge in [0.15, 0.2) is 0 Å². The highest BCUT2D eigenvalue weighted by Crippen LogP contribution is 2.60. The molecule has 1 saturated heterocycles. The minimum Gasteiger partial charge on any atom is -0.279 e. The lowest BCUT2D eigenvalue weighted by Crippen LogP contribution is -2.42. The summed E-state index contributed by atoms with van der Waals surface area (Å²) in [5.41, 5.74) is 0. The van der Waals surface area contributed by atoms with Crippen LogP contribution >= 0.6 is 31.9 Å². The number of imide groups is 1. The summed E-state index contributed by atoms with van der Waals surface area (Å²) < 4.78 is 0. The first-order valence-electron chi connectivity index (χ1n) is 7.76. The summed E-state index contributed by atoms with van der Waals surface area (Å²) in [6.45, 7) is 0. The average Bonchev–Trinajstić information content (AvgIpc) is 3.05. The summed E-state index contributed by atoms with van der Waals surface area (Å²) in [5, 5.41) is 0. The highest BCUT2D eigenvalue weighted by Gasteiger charge is 2.66. The van der Waals surface area contributed by atoms with Gasteiger partial charge in [-0.3, -0.25) is 14.5 Å². The van der Waals surface area contributed by atoms with Crippen LogP contribution in [0.15, 0.2) is 0 Å². The lowest BCUT2D eigenvalue weighted by Gasteiger charge is -2.30. The molecule has 0 aromatic carbocycles. The van der Waals surface area contributed by atoms with Gasteiger partial charge in [0.25, 0.3) is 0 Å². The molecule has 3 aliphatic carbocycles. The highest BCUT2D eigenvalue weighted by molar-refractivity contribution is 9.12. The van der Waals surface area contributed by atoms with E-state index in [4.69, 9.17) is 0 Å². The molecule has 3 saturated carbocycles. The number of likely N-dealkylation sites (tertiary alicyclic amines) is 1. The Morgan fingerprint density at radius 2 is 1.35 bits per heavy atom. The van der Waals surface area contributed by atoms with Crippen LogP contribution in [-0.2, 0) is 9.59 Å². The van der Waals surface area contributed by atoms with Crippen molar-refractivity contribution >= 4 is 43.7 Å². The van der Waals surface area contributed by atoms with Crippen LogP contribution < -0.4 is 0 Å². The molecule has 1 aliphatic heterocycles. The lowest BCUT2D eigenvalue weighted by atomic mass is 9.81. The van der Waals surface area contributed by atoms with Gasteiger partial charge in [0, 0.05) is 15.7 Å². The quantitative estimate of drug-likeness (QED) is 0.497. The molecule has 3 nitrogen and oxygen atoms in total. The van der Waals surface area contributed by atoms with Gasteiger partial charge in [-0.1, -0.05) is 51.1 Å². The van der Waals surface area contributed by atoms with Crippen LogP contribution in [0.5, 0.6) is 0 Å². The van der Waals surface area contributed by atoms with E-state index < -0.39 is 0 Å². The fourth-order valence-electron chi connectivity index (χ4n) is 5.07. The highest BCUT2D eigenvalue weighted by atomic mass is 79.9. The maximum atomic E-state index is 12.8. The Bertz CT molecular complexity index is 431. The van der Waals surface area contributed by atoms with E-state index in [-0.39, 0.29) is 29.7 Å². The number of nitrogens with zero attached hydrogens (tertiary/aromatic N) is 1. The minimum absolute atomic E-state index is 0.0346. The third-order valence-corrected chi connectivity index (χ3v) is 9.17. The van der Waals surface area contributed by atoms with Gasteiger partial charge < -0.3 is 0 Å². The zero-order chi connectivity index (χ0) is 14.0. The minimum atomic E-state index is -0.0346. The molecule has 0 unspecified atom stereocenters. The number of amides is 2. The molecular weight excluding hydrogens is 386 g/mol. The fraction of sp³-hybridized carbons (Fsp3) is 0.867. The molecule has 2 bridgehead atoms. The molecule has 20 heavy (non-hydrogen) atoms. The van der Waals surface area contributed by atoms with Crippen molar-refractivity contribution in [2.75, 3.05) is 0 Å². The summed E-state index contributed by atoms with van der Waals surface area (Å²) in [7, 11) is 0. The van der Waals surface area contributed by atoms with Gasteiger partial charge in [-0.05, 0) is 31.1 Å². The maximum absolute atomic E-state index is 12.8. The Kier molecular flexibility index (Phi) is 3.30. The number of carbonyl (C=O) groups is 2. The Balaban J connectivity index is 1.63. The number of hydrogen-bond donors (Lipinski definition) is 0. The van der Waals surface area contributed by atoms with Crippen LogP contribution in [0.25, 0.3) is 0 Å². The summed E-state index contributed by atoms with van der Waals surface area (Å²) in [5.74, 6) is 0.908. The number of alkyl halides is 2. The van der Waals surface area contributed by atoms with Gasteiger partial charge in [-0.15, -0.1) is 0 Å². The second-order valence-corrected chi connectivity index (χ2v) is 8.96. The maximum Gasteiger partial charge on any atom is 0.233 e. The van der Waals surface area contributed by atoms with Crippen molar-refractivity contribution in [1.82, 2.24) is 4.90 Å². The van der Waals surface area contributed by atoms with Crippen molar-refractivity contribution in [2.24, 2.45) is 23.7 Å². The Labute approximate surface area is 136 Å². The lowest BCUT2D eigenvalue weighted by molar-refractivity contribution is -0.144. The number of hydrogen-bond acceptors (Lipinski definition) is 2. The van der Waals surface area contributed by atoms with E-state index in [0.717, 1.165) is 32.1 Å². The Hall–Kier alpha value is 0.1000. The summed E-state index contributed by atoms with van der Waals surface area (Å²) in [6, 6.07) is 0.191. The monoisotopic (exact) mass is 403 g/mol. The number of rotatable bonds is 1. The molecule has 0 N–H and O–H groups in total. The van der Waals surface area contributed by atoms with Crippen molar-refractivity contribution in [3.8, 4) is 0 Å². The topological polar surface area (TPSA) is 37.4 Å². The van der Waals surface area contributed by atoms with E-state index in [1.807, 2.05) is 0 Å². The number of carbonyl (C=O) groups excluding carboxylic acids is 2. The van der Waals surface area contributed by atoms with Gasteiger partial charge in [0.05, 0.1) is 11.8 Å². The Morgan fingerprint density at radius 1 is 0.850 bits per heavy atom. The first kappa shape index (κ1) is 13.7. The smallest absolute Gasteiger partial charge is 0.233 e. The number of fused-ring (bicyclic) bond motifs is 5. The van der Waals surface area contributed by atoms with Crippen molar-refractivity contribution < 1.29 is 9.59 Å². The van der Waals surface area contributed by atoms with Gasteiger partial charge in [-0.25, -0.2) is 0 Å². The third-order valence-electron chi connectivity index (χ3n) is 5.96. The van der Waals surface area contributed by atoms with E-state index in [1.165, 1.54) is 6.42 Å². The van der Waals surface area contributed by atoms with E-state index in [9.17, 15) is 9.59 Å². The van der Waals surface area contributed by atoms with E-state index in [1.54, 1.807) is 4.90 Å². The van der Waals surface area contributed by atoms with Gasteiger partial charge in [0.1, 0.15) is 0 Å². The molecule has 0 aromatic rings. The molecule has 6 atom stereocenters. The second-order valence-electron chi connectivity index (χ2n) is 6.84. The van der Waals surface area contributed by atoms with Crippen LogP contribution in [0.2, 0.25) is 0 Å². The fourth-order valence-corrected chi connectivity index (χ4v) is 6.94. The largest absolute Gasteiger partial charge is 0.279 e. The van der Waals surface area contributed by atoms with Crippen molar-refractivity contribution in [3.05, 3.63) is 0 Å². The molecule has 4 fully saturated rings. The van der Waals surface area contributed by atoms with Gasteiger partial charge in [0.2, 0.25) is 11.8 Å². The molecule has 2 amide bonds. The van der Waals surface area contributed by atoms with Crippen molar-refractivity contribution in [2.45, 2.75) is 54.2 Å². The van der Waals surface area contributed by atoms with E-state index in [0.29, 0.717) is 21.5 Å². The molecule has 5 heteroatoms. The molecule has 0 spiro atoms. The van der Waals surface area contributed by atoms with Gasteiger partial charge in [-0.2, -0.15) is 0 Å². The van der Waals surface area contributed by atoms with Crippen LogP contribution in [-0.4, -0.2) is 32.4 Å². The van der Waals surface area contributed by atoms with Gasteiger partial charge >= 0.3 is 0 Å². The van der Waals surface area contributed by atoms with Crippen molar-refractivity contribution in [1.29, 1.82) is 0 Å². The molecule has 4 rings (SSSR count). The molecule has 0 radical (unpaired) electrons. The molecule has 4 aliphatic rings. The van der Waals surface area contributed by atoms with E-state index in [2.05, 4.69) is 31.9 Å². The standard InChI is InChI=1S/C15H19Br2NO2/c16-12-8-6-9(13(12)17)11-10(8)14(19)18(15(11)20)7-4-2-1-3-5-7/h7-13H,1-6H2/t8-,9-,10-,11+,12-,13+/m0/s1. The zero-order valence-electron chi connectivity index (χ0n) is 11.3. The zero-order valence-corrected chi connectivity index (χ0v) is 14.5. The summed E-state index contributed by atoms with van der Waals surface area (Å²) in [4.78, 5) is 28.0. The Morgan fingerprint density at radius 3 is 1.85 bits per heavy atom. The van der Waals surface area contributed by atoms with Crippen LogP contribution in [0, 0.1) is 23.7 Å². The molecule has 1 heterocycles. The molecule has 110 valence electrons. The summed E-state index contributed by atoms with van der Waals surface area (Å²) in [6.07, 6.45) is 6.62. The normalized spacial score (nSPS) is 48.2. The third kappa shape index (κ3) is 1.68. The predicted molar refractivity (Wildman–Crippen MR) is 82.7 cm³/mol. The molecule has 0 aromatic heterocycles. The first-order chi connectivity index (χ1) is 9.61. The predicted octanol–water partition coefficient (Wildman–Crippen LogP) is 3.10. The number of halogens is 2. The summed E-state index contributed by atoms with van der Waals surface area (Å²) >= 11 is 7.46. The van der Waals surface area contributed by atoms with Crippen LogP contribution in [0.1, 0.15) is 38.5 Å². The van der Waals surface area contributed by atoms with Crippen LogP contribution in [0.3, 0.4) is 0 Å². The first-order valence-corrected chi connectivity index (χ1v) is 9.59. The molecular formula is C15H19Br2NO2. The van der Waals surface area contributed by atoms with Crippen LogP contribution in [0.4, 0.5) is 0 Å². The SMILES string of the molecule is O=C1[C@@H]2[C@@H]3C[C@H]([C@H](Br)[C@@H]3Br)[C@@H]2C(=O)N1C1CCCCC1. The second kappa shape index (κ2) is 4.80.